The summed E-state index contributed by atoms with van der Waals surface area (Å²) in [5.41, 5.74) is 1.73. The molecule has 3 aromatic rings. The molecule has 8 heteroatoms. The molecule has 0 saturated heterocycles. The van der Waals surface area contributed by atoms with Gasteiger partial charge in [-0.25, -0.2) is 4.98 Å². The Morgan fingerprint density at radius 1 is 1.13 bits per heavy atom. The topological polar surface area (TPSA) is 93.5 Å². The molecule has 7 nitrogen and oxygen atoms in total. The van der Waals surface area contributed by atoms with Crippen LogP contribution in [-0.2, 0) is 4.79 Å². The number of pyridine rings is 1. The van der Waals surface area contributed by atoms with Gasteiger partial charge in [0.15, 0.2) is 11.5 Å². The highest BCUT2D eigenvalue weighted by Gasteiger charge is 2.12. The summed E-state index contributed by atoms with van der Waals surface area (Å²) in [5.74, 6) is 1.70. The number of thioether (sulfide) groups is 1. The summed E-state index contributed by atoms with van der Waals surface area (Å²) >= 11 is 1.21. The second-order valence-electron chi connectivity index (χ2n) is 6.15. The monoisotopic (exact) mass is 423 g/mol. The maximum Gasteiger partial charge on any atom is 0.234 e. The number of hydrogen-bond donors (Lipinski definition) is 1. The normalized spacial score (nSPS) is 10.3. The van der Waals surface area contributed by atoms with E-state index >= 15 is 0 Å². The SMILES string of the molecule is CCOc1ccc2cc(C#N)c(SCC(=O)Nc3ccc(OC)c(OC)c3)nc2c1. The lowest BCUT2D eigenvalue weighted by Crippen LogP contribution is -2.14. The van der Waals surface area contributed by atoms with Gasteiger partial charge in [0.25, 0.3) is 0 Å². The molecule has 30 heavy (non-hydrogen) atoms. The van der Waals surface area contributed by atoms with Gasteiger partial charge in [-0.3, -0.25) is 4.79 Å². The maximum atomic E-state index is 12.4. The van der Waals surface area contributed by atoms with Crippen molar-refractivity contribution < 1.29 is 19.0 Å². The Morgan fingerprint density at radius 2 is 1.93 bits per heavy atom. The van der Waals surface area contributed by atoms with Crippen LogP contribution in [0.25, 0.3) is 10.9 Å². The minimum Gasteiger partial charge on any atom is -0.494 e. The van der Waals surface area contributed by atoms with Crippen LogP contribution >= 0.6 is 11.8 Å². The van der Waals surface area contributed by atoms with Gasteiger partial charge in [-0.2, -0.15) is 5.26 Å². The maximum absolute atomic E-state index is 12.4. The number of amides is 1. The first-order valence-corrected chi connectivity index (χ1v) is 10.2. The summed E-state index contributed by atoms with van der Waals surface area (Å²) in [6.07, 6.45) is 0. The fraction of sp³-hybridized carbons (Fsp3) is 0.227. The Morgan fingerprint density at radius 3 is 2.63 bits per heavy atom. The molecule has 1 aromatic heterocycles. The number of anilines is 1. The van der Waals surface area contributed by atoms with Gasteiger partial charge in [0.2, 0.25) is 5.91 Å². The van der Waals surface area contributed by atoms with Crippen LogP contribution in [0.15, 0.2) is 47.5 Å². The van der Waals surface area contributed by atoms with Crippen LogP contribution in [0.3, 0.4) is 0 Å². The number of benzene rings is 2. The van der Waals surface area contributed by atoms with Gasteiger partial charge >= 0.3 is 0 Å². The molecule has 0 saturated carbocycles. The predicted octanol–water partition coefficient (Wildman–Crippen LogP) is 4.25. The zero-order valence-electron chi connectivity index (χ0n) is 16.9. The number of hydrogen-bond acceptors (Lipinski definition) is 7. The Kier molecular flexibility index (Phi) is 6.99. The highest BCUT2D eigenvalue weighted by Crippen LogP contribution is 2.30. The van der Waals surface area contributed by atoms with E-state index in [0.29, 0.717) is 45.6 Å². The van der Waals surface area contributed by atoms with Gasteiger partial charge in [-0.15, -0.1) is 0 Å². The zero-order chi connectivity index (χ0) is 21.5. The first-order chi connectivity index (χ1) is 14.6. The van der Waals surface area contributed by atoms with E-state index in [1.165, 1.54) is 18.9 Å². The molecule has 0 aliphatic heterocycles. The Balaban J connectivity index is 1.74. The quantitative estimate of drug-likeness (QED) is 0.541. The molecule has 0 bridgehead atoms. The van der Waals surface area contributed by atoms with Gasteiger partial charge in [0.05, 0.1) is 37.7 Å². The van der Waals surface area contributed by atoms with Crippen molar-refractivity contribution in [2.24, 2.45) is 0 Å². The summed E-state index contributed by atoms with van der Waals surface area (Å²) in [6.45, 7) is 2.47. The Hall–Kier alpha value is -3.44. The number of nitriles is 1. The van der Waals surface area contributed by atoms with Gasteiger partial charge in [0.1, 0.15) is 16.8 Å². The molecule has 0 aliphatic carbocycles. The molecule has 1 amide bonds. The number of carbonyl (C=O) groups excluding carboxylic acids is 1. The average molecular weight is 423 g/mol. The lowest BCUT2D eigenvalue weighted by molar-refractivity contribution is -0.113. The van der Waals surface area contributed by atoms with E-state index in [-0.39, 0.29) is 11.7 Å². The van der Waals surface area contributed by atoms with E-state index in [1.54, 1.807) is 31.4 Å². The molecule has 0 spiro atoms. The second-order valence-corrected chi connectivity index (χ2v) is 7.11. The van der Waals surface area contributed by atoms with Crippen molar-refractivity contribution in [2.45, 2.75) is 11.9 Å². The third-order valence-electron chi connectivity index (χ3n) is 4.19. The Labute approximate surface area is 179 Å². The third kappa shape index (κ3) is 4.93. The lowest BCUT2D eigenvalue weighted by Gasteiger charge is -2.11. The first kappa shape index (κ1) is 21.3. The van der Waals surface area contributed by atoms with E-state index in [0.717, 1.165) is 5.39 Å². The number of nitrogens with one attached hydrogen (secondary N) is 1. The second kappa shape index (κ2) is 9.85. The van der Waals surface area contributed by atoms with E-state index in [2.05, 4.69) is 16.4 Å². The number of rotatable bonds is 8. The summed E-state index contributed by atoms with van der Waals surface area (Å²) < 4.78 is 16.0. The van der Waals surface area contributed by atoms with Crippen LogP contribution < -0.4 is 19.5 Å². The minimum absolute atomic E-state index is 0.104. The van der Waals surface area contributed by atoms with Crippen molar-refractivity contribution in [1.29, 1.82) is 5.26 Å². The highest BCUT2D eigenvalue weighted by atomic mass is 32.2. The molecular weight excluding hydrogens is 402 g/mol. The third-order valence-corrected chi connectivity index (χ3v) is 5.18. The fourth-order valence-corrected chi connectivity index (χ4v) is 3.58. The predicted molar refractivity (Wildman–Crippen MR) is 117 cm³/mol. The van der Waals surface area contributed by atoms with Crippen molar-refractivity contribution in [3.8, 4) is 23.3 Å². The van der Waals surface area contributed by atoms with Gasteiger partial charge < -0.3 is 19.5 Å². The number of fused-ring (bicyclic) bond motifs is 1. The first-order valence-electron chi connectivity index (χ1n) is 9.20. The van der Waals surface area contributed by atoms with Crippen LogP contribution in [0.5, 0.6) is 17.2 Å². The zero-order valence-corrected chi connectivity index (χ0v) is 17.7. The molecule has 0 unspecified atom stereocenters. The van der Waals surface area contributed by atoms with Crippen LogP contribution in [0.1, 0.15) is 12.5 Å². The molecule has 154 valence electrons. The number of aromatic nitrogens is 1. The molecule has 0 aliphatic rings. The number of methoxy groups -OCH3 is 2. The summed E-state index contributed by atoms with van der Waals surface area (Å²) in [7, 11) is 3.08. The minimum atomic E-state index is -0.221. The fourth-order valence-electron chi connectivity index (χ4n) is 2.82. The van der Waals surface area contributed by atoms with Gasteiger partial charge in [-0.05, 0) is 37.3 Å². The van der Waals surface area contributed by atoms with Crippen LogP contribution in [-0.4, -0.2) is 37.5 Å². The summed E-state index contributed by atoms with van der Waals surface area (Å²) in [6, 6.07) is 14.6. The van der Waals surface area contributed by atoms with Crippen LogP contribution in [0, 0.1) is 11.3 Å². The molecule has 1 N–H and O–H groups in total. The number of nitrogens with zero attached hydrogens (tertiary/aromatic N) is 2. The molecule has 0 atom stereocenters. The lowest BCUT2D eigenvalue weighted by atomic mass is 10.1. The van der Waals surface area contributed by atoms with E-state index in [1.807, 2.05) is 25.1 Å². The summed E-state index contributed by atoms with van der Waals surface area (Å²) in [5, 5.41) is 13.6. The van der Waals surface area contributed by atoms with Crippen molar-refractivity contribution in [2.75, 3.05) is 31.9 Å². The molecule has 0 fully saturated rings. The smallest absolute Gasteiger partial charge is 0.234 e. The van der Waals surface area contributed by atoms with Gasteiger partial charge in [-0.1, -0.05) is 11.8 Å². The number of ether oxygens (including phenoxy) is 3. The molecule has 0 radical (unpaired) electrons. The van der Waals surface area contributed by atoms with Crippen LogP contribution in [0.4, 0.5) is 5.69 Å². The van der Waals surface area contributed by atoms with Crippen molar-refractivity contribution in [3.63, 3.8) is 0 Å². The van der Waals surface area contributed by atoms with Crippen molar-refractivity contribution in [3.05, 3.63) is 48.0 Å². The largest absolute Gasteiger partial charge is 0.494 e. The summed E-state index contributed by atoms with van der Waals surface area (Å²) in [4.78, 5) is 17.0. The van der Waals surface area contributed by atoms with E-state index in [9.17, 15) is 10.1 Å². The molecular formula is C22H21N3O4S. The van der Waals surface area contributed by atoms with Crippen LogP contribution in [0.2, 0.25) is 0 Å². The van der Waals surface area contributed by atoms with Crippen molar-refractivity contribution >= 4 is 34.3 Å². The van der Waals surface area contributed by atoms with E-state index in [4.69, 9.17) is 14.2 Å². The number of carbonyl (C=O) groups is 1. The average Bonchev–Trinajstić information content (AvgIpc) is 2.77. The molecule has 1 heterocycles. The highest BCUT2D eigenvalue weighted by molar-refractivity contribution is 8.00. The van der Waals surface area contributed by atoms with E-state index < -0.39 is 0 Å². The molecule has 2 aromatic carbocycles. The standard InChI is InChI=1S/C22H21N3O4S/c1-4-29-17-7-5-14-9-15(12-23)22(25-18(14)11-17)30-13-21(26)24-16-6-8-19(27-2)20(10-16)28-3/h5-11H,4,13H2,1-3H3,(H,24,26). The van der Waals surface area contributed by atoms with Crippen molar-refractivity contribution in [1.82, 2.24) is 4.98 Å². The Bertz CT molecular complexity index is 1110. The van der Waals surface area contributed by atoms with Gasteiger partial charge in [0, 0.05) is 23.2 Å². The molecule has 3 rings (SSSR count).